The molecule has 0 aliphatic carbocycles. The molecule has 0 atom stereocenters. The molecule has 0 aliphatic heterocycles. The molecule has 0 spiro atoms. The fourth-order valence-electron chi connectivity index (χ4n) is 2.44. The molecule has 2 heterocycles. The Hall–Kier alpha value is -3.21. The van der Waals surface area contributed by atoms with E-state index in [-0.39, 0.29) is 0 Å². The number of hydrogen-bond donors (Lipinski definition) is 1. The Balaban J connectivity index is 1.99. The Labute approximate surface area is 125 Å². The number of hydrogen-bond acceptors (Lipinski definition) is 3. The van der Waals surface area contributed by atoms with Crippen LogP contribution in [0.1, 0.15) is 0 Å². The first kappa shape index (κ1) is 12.5. The fraction of sp³-hybridized carbons (Fsp3) is 0. The average Bonchev–Trinajstić information content (AvgIpc) is 2.99. The highest BCUT2D eigenvalue weighted by Gasteiger charge is 2.11. The summed E-state index contributed by atoms with van der Waals surface area (Å²) in [4.78, 5) is 23.1. The topological polar surface area (TPSA) is 63.1 Å². The second-order valence-electron chi connectivity index (χ2n) is 4.92. The van der Waals surface area contributed by atoms with Crippen molar-refractivity contribution in [3.8, 4) is 22.6 Å². The summed E-state index contributed by atoms with van der Waals surface area (Å²) in [6.45, 7) is 0. The molecule has 0 bridgehead atoms. The first-order valence-corrected chi connectivity index (χ1v) is 6.91. The lowest BCUT2D eigenvalue weighted by atomic mass is 10.2. The van der Waals surface area contributed by atoms with Gasteiger partial charge in [0.15, 0.2) is 5.82 Å². The van der Waals surface area contributed by atoms with Crippen LogP contribution in [0.2, 0.25) is 0 Å². The molecule has 0 unspecified atom stereocenters. The van der Waals surface area contributed by atoms with E-state index in [0.717, 1.165) is 16.8 Å². The molecule has 0 saturated carbocycles. The van der Waals surface area contributed by atoms with Gasteiger partial charge in [0.1, 0.15) is 0 Å². The zero-order valence-corrected chi connectivity index (χ0v) is 11.6. The number of nitrogens with zero attached hydrogens (tertiary/aromatic N) is 3. The van der Waals surface area contributed by atoms with Gasteiger partial charge >= 0.3 is 5.69 Å². The molecule has 5 nitrogen and oxygen atoms in total. The van der Waals surface area contributed by atoms with E-state index in [1.807, 2.05) is 66.9 Å². The van der Waals surface area contributed by atoms with Crippen LogP contribution in [-0.2, 0) is 0 Å². The summed E-state index contributed by atoms with van der Waals surface area (Å²) in [5.74, 6) is 1.06. The minimum absolute atomic E-state index is 0.406. The van der Waals surface area contributed by atoms with Crippen LogP contribution in [0.4, 0.5) is 0 Å². The smallest absolute Gasteiger partial charge is 0.275 e. The van der Waals surface area contributed by atoms with Gasteiger partial charge in [-0.1, -0.05) is 60.7 Å². The molecule has 4 aromatic rings. The third-order valence-electron chi connectivity index (χ3n) is 3.46. The van der Waals surface area contributed by atoms with Crippen LogP contribution in [0.3, 0.4) is 0 Å². The normalized spacial score (nSPS) is 10.9. The minimum atomic E-state index is -0.406. The maximum absolute atomic E-state index is 11.8. The van der Waals surface area contributed by atoms with Crippen molar-refractivity contribution < 1.29 is 0 Å². The van der Waals surface area contributed by atoms with Gasteiger partial charge in [0.25, 0.3) is 0 Å². The van der Waals surface area contributed by atoms with Crippen molar-refractivity contribution in [1.29, 1.82) is 0 Å². The van der Waals surface area contributed by atoms with Gasteiger partial charge in [-0.05, 0) is 0 Å². The van der Waals surface area contributed by atoms with Crippen molar-refractivity contribution in [3.05, 3.63) is 77.3 Å². The molecular formula is C17H12N4O. The van der Waals surface area contributed by atoms with Gasteiger partial charge in [-0.2, -0.15) is 4.98 Å². The Morgan fingerprint density at radius 3 is 2.14 bits per heavy atom. The molecule has 4 rings (SSSR count). The number of imidazole rings is 1. The highest BCUT2D eigenvalue weighted by molar-refractivity contribution is 5.64. The predicted molar refractivity (Wildman–Crippen MR) is 84.5 cm³/mol. The standard InChI is InChI=1S/C17H12N4O/c22-17-19-15(13-9-5-2-6-10-13)21-11-14(18-16(21)20-17)12-7-3-1-4-8-12/h1-11H,(H,18,20,22). The van der Waals surface area contributed by atoms with Crippen molar-refractivity contribution in [2.45, 2.75) is 0 Å². The monoisotopic (exact) mass is 288 g/mol. The van der Waals surface area contributed by atoms with Crippen LogP contribution in [0.15, 0.2) is 71.7 Å². The molecular weight excluding hydrogens is 276 g/mol. The lowest BCUT2D eigenvalue weighted by Gasteiger charge is -2.02. The largest absolute Gasteiger partial charge is 0.349 e. The van der Waals surface area contributed by atoms with E-state index in [9.17, 15) is 4.79 Å². The summed E-state index contributed by atoms with van der Waals surface area (Å²) in [6.07, 6.45) is 1.88. The first-order valence-electron chi connectivity index (χ1n) is 6.91. The highest BCUT2D eigenvalue weighted by atomic mass is 16.1. The van der Waals surface area contributed by atoms with Gasteiger partial charge in [-0.25, -0.2) is 9.78 Å². The van der Waals surface area contributed by atoms with Crippen molar-refractivity contribution in [2.24, 2.45) is 0 Å². The summed E-state index contributed by atoms with van der Waals surface area (Å²) >= 11 is 0. The number of H-pyrrole nitrogens is 1. The van der Waals surface area contributed by atoms with Crippen molar-refractivity contribution in [3.63, 3.8) is 0 Å². The average molecular weight is 288 g/mol. The second-order valence-corrected chi connectivity index (χ2v) is 4.92. The van der Waals surface area contributed by atoms with Crippen LogP contribution in [0.25, 0.3) is 28.4 Å². The third kappa shape index (κ3) is 2.09. The SMILES string of the molecule is O=c1nc(-c2ccccc2)n2cc(-c3ccccc3)nc2[nH]1. The van der Waals surface area contributed by atoms with Gasteiger partial charge < -0.3 is 0 Å². The van der Waals surface area contributed by atoms with Crippen LogP contribution >= 0.6 is 0 Å². The second kappa shape index (κ2) is 4.96. The number of benzene rings is 2. The molecule has 0 amide bonds. The van der Waals surface area contributed by atoms with Gasteiger partial charge in [-0.3, -0.25) is 9.38 Å². The summed E-state index contributed by atoms with van der Waals surface area (Å²) < 4.78 is 1.80. The molecule has 0 fully saturated rings. The zero-order valence-electron chi connectivity index (χ0n) is 11.6. The zero-order chi connectivity index (χ0) is 14.9. The quantitative estimate of drug-likeness (QED) is 0.617. The third-order valence-corrected chi connectivity index (χ3v) is 3.46. The van der Waals surface area contributed by atoms with Gasteiger partial charge in [0.05, 0.1) is 5.69 Å². The molecule has 1 N–H and O–H groups in total. The molecule has 0 radical (unpaired) electrons. The van der Waals surface area contributed by atoms with E-state index in [1.54, 1.807) is 4.40 Å². The minimum Gasteiger partial charge on any atom is -0.275 e. The molecule has 22 heavy (non-hydrogen) atoms. The number of fused-ring (bicyclic) bond motifs is 1. The molecule has 0 saturated heterocycles. The molecule has 2 aromatic heterocycles. The van der Waals surface area contributed by atoms with E-state index in [1.165, 1.54) is 0 Å². The highest BCUT2D eigenvalue weighted by Crippen LogP contribution is 2.21. The predicted octanol–water partition coefficient (Wildman–Crippen LogP) is 2.75. The summed E-state index contributed by atoms with van der Waals surface area (Å²) in [7, 11) is 0. The van der Waals surface area contributed by atoms with Crippen LogP contribution in [0.5, 0.6) is 0 Å². The fourth-order valence-corrected chi connectivity index (χ4v) is 2.44. The maximum Gasteiger partial charge on any atom is 0.349 e. The van der Waals surface area contributed by atoms with Crippen molar-refractivity contribution in [1.82, 2.24) is 19.4 Å². The van der Waals surface area contributed by atoms with E-state index >= 15 is 0 Å². The Kier molecular flexibility index (Phi) is 2.83. The number of aromatic nitrogens is 4. The molecule has 106 valence electrons. The summed E-state index contributed by atoms with van der Waals surface area (Å²) in [6, 6.07) is 19.4. The van der Waals surface area contributed by atoms with Crippen LogP contribution in [-0.4, -0.2) is 19.4 Å². The number of aromatic amines is 1. The van der Waals surface area contributed by atoms with Gasteiger partial charge in [0, 0.05) is 17.3 Å². The van der Waals surface area contributed by atoms with Crippen LogP contribution in [0, 0.1) is 0 Å². The van der Waals surface area contributed by atoms with E-state index < -0.39 is 5.69 Å². The number of rotatable bonds is 2. The van der Waals surface area contributed by atoms with E-state index in [2.05, 4.69) is 15.0 Å². The van der Waals surface area contributed by atoms with E-state index in [0.29, 0.717) is 11.6 Å². The van der Waals surface area contributed by atoms with Crippen molar-refractivity contribution >= 4 is 5.78 Å². The van der Waals surface area contributed by atoms with Gasteiger partial charge in [-0.15, -0.1) is 0 Å². The Morgan fingerprint density at radius 2 is 1.45 bits per heavy atom. The van der Waals surface area contributed by atoms with Gasteiger partial charge in [0.2, 0.25) is 5.78 Å². The Bertz CT molecular complexity index is 988. The lowest BCUT2D eigenvalue weighted by Crippen LogP contribution is -2.14. The van der Waals surface area contributed by atoms with Crippen molar-refractivity contribution in [2.75, 3.05) is 0 Å². The maximum atomic E-state index is 11.8. The lowest BCUT2D eigenvalue weighted by molar-refractivity contribution is 0.975. The Morgan fingerprint density at radius 1 is 0.818 bits per heavy atom. The first-order chi connectivity index (χ1) is 10.8. The molecule has 2 aromatic carbocycles. The molecule has 5 heteroatoms. The van der Waals surface area contributed by atoms with Crippen LogP contribution < -0.4 is 5.69 Å². The summed E-state index contributed by atoms with van der Waals surface area (Å²) in [5.41, 5.74) is 2.25. The van der Waals surface area contributed by atoms with E-state index in [4.69, 9.17) is 0 Å². The summed E-state index contributed by atoms with van der Waals surface area (Å²) in [5, 5.41) is 0. The molecule has 0 aliphatic rings. The number of nitrogens with one attached hydrogen (secondary N) is 1.